The molecule has 1 aromatic carbocycles. The highest BCUT2D eigenvalue weighted by Crippen LogP contribution is 2.48. The van der Waals surface area contributed by atoms with E-state index in [4.69, 9.17) is 9.47 Å². The minimum atomic E-state index is -0.280. The van der Waals surface area contributed by atoms with Crippen molar-refractivity contribution in [2.75, 3.05) is 12.4 Å². The lowest BCUT2D eigenvalue weighted by atomic mass is 9.65. The van der Waals surface area contributed by atoms with Crippen molar-refractivity contribution in [3.05, 3.63) is 40.4 Å². The number of fused-ring (bicyclic) bond motifs is 3. The van der Waals surface area contributed by atoms with Gasteiger partial charge in [0.25, 0.3) is 0 Å². The highest BCUT2D eigenvalue weighted by molar-refractivity contribution is 7.15. The van der Waals surface area contributed by atoms with Gasteiger partial charge in [-0.3, -0.25) is 9.59 Å². The molecule has 0 bridgehead atoms. The summed E-state index contributed by atoms with van der Waals surface area (Å²) in [4.78, 5) is 29.5. The Morgan fingerprint density at radius 3 is 2.77 bits per heavy atom. The van der Waals surface area contributed by atoms with Crippen LogP contribution in [0.3, 0.4) is 0 Å². The fourth-order valence-corrected chi connectivity index (χ4v) is 6.91. The maximum Gasteiger partial charge on any atom is 0.308 e. The fourth-order valence-electron chi connectivity index (χ4n) is 6.23. The van der Waals surface area contributed by atoms with Gasteiger partial charge in [0.05, 0.1) is 6.10 Å². The number of methoxy groups -OCH3 is 1. The third-order valence-electron chi connectivity index (χ3n) is 8.01. The molecule has 35 heavy (non-hydrogen) atoms. The van der Waals surface area contributed by atoms with Crippen LogP contribution in [0.5, 0.6) is 5.75 Å². The molecule has 2 aliphatic carbocycles. The van der Waals surface area contributed by atoms with E-state index in [-0.39, 0.29) is 18.0 Å². The van der Waals surface area contributed by atoms with Crippen LogP contribution in [0.15, 0.2) is 24.4 Å². The quantitative estimate of drug-likeness (QED) is 0.374. The van der Waals surface area contributed by atoms with Crippen molar-refractivity contribution in [1.82, 2.24) is 4.98 Å². The molecule has 5 unspecified atom stereocenters. The molecule has 0 saturated heterocycles. The van der Waals surface area contributed by atoms with Gasteiger partial charge in [0.2, 0.25) is 5.91 Å². The van der Waals surface area contributed by atoms with Crippen LogP contribution in [-0.2, 0) is 20.7 Å². The smallest absolute Gasteiger partial charge is 0.308 e. The molecule has 190 valence electrons. The number of anilines is 1. The van der Waals surface area contributed by atoms with E-state index in [9.17, 15) is 9.59 Å². The number of aromatic nitrogens is 1. The first kappa shape index (κ1) is 25.8. The first-order valence-electron chi connectivity index (χ1n) is 12.9. The van der Waals surface area contributed by atoms with E-state index in [0.717, 1.165) is 49.8 Å². The van der Waals surface area contributed by atoms with Crippen LogP contribution in [0.4, 0.5) is 5.13 Å². The zero-order valence-electron chi connectivity index (χ0n) is 21.3. The third-order valence-corrected chi connectivity index (χ3v) is 8.84. The van der Waals surface area contributed by atoms with Gasteiger partial charge in [-0.2, -0.15) is 0 Å². The average molecular weight is 499 g/mol. The summed E-state index contributed by atoms with van der Waals surface area (Å²) in [5.74, 6) is 2.39. The molecule has 1 saturated carbocycles. The van der Waals surface area contributed by atoms with Gasteiger partial charge in [0, 0.05) is 31.5 Å². The molecule has 0 radical (unpaired) electrons. The van der Waals surface area contributed by atoms with Crippen molar-refractivity contribution in [2.45, 2.75) is 84.2 Å². The Kier molecular flexibility index (Phi) is 8.60. The summed E-state index contributed by atoms with van der Waals surface area (Å²) in [5.41, 5.74) is 2.73. The van der Waals surface area contributed by atoms with Crippen molar-refractivity contribution in [1.29, 1.82) is 0 Å². The molecule has 4 rings (SSSR count). The lowest BCUT2D eigenvalue weighted by molar-refractivity contribution is -0.131. The first-order chi connectivity index (χ1) is 16.8. The van der Waals surface area contributed by atoms with E-state index >= 15 is 0 Å². The SMILES string of the molecule is COC1CCCC2c3ccc(OC(C)=O)cc3CCC2C(C)C(CCC(=O)Nc2ncc(C)s2)C1. The molecule has 7 heteroatoms. The number of ether oxygens (including phenoxy) is 2. The van der Waals surface area contributed by atoms with Crippen LogP contribution in [0.1, 0.15) is 80.7 Å². The standard InChI is InChI=1S/C28H38N2O4S/c1-17-16-29-28(35-17)30-27(32)13-9-20-14-22(33-4)6-5-7-26-24(18(20)2)11-8-21-15-23(34-19(3)31)10-12-25(21)26/h10,12,15-16,18,20,22,24,26H,5-9,11,13-14H2,1-4H3,(H,29,30,32). The highest BCUT2D eigenvalue weighted by atomic mass is 32.1. The number of benzene rings is 1. The summed E-state index contributed by atoms with van der Waals surface area (Å²) in [7, 11) is 1.82. The lowest BCUT2D eigenvalue weighted by Crippen LogP contribution is -2.31. The maximum atomic E-state index is 12.7. The van der Waals surface area contributed by atoms with Crippen LogP contribution >= 0.6 is 11.3 Å². The molecule has 2 aromatic rings. The molecule has 2 aliphatic rings. The number of hydrogen-bond acceptors (Lipinski definition) is 6. The van der Waals surface area contributed by atoms with Crippen LogP contribution in [0, 0.1) is 24.7 Å². The number of esters is 1. The highest BCUT2D eigenvalue weighted by Gasteiger charge is 2.38. The Bertz CT molecular complexity index is 1040. The van der Waals surface area contributed by atoms with Crippen LogP contribution in [0.2, 0.25) is 0 Å². The number of carbonyl (C=O) groups excluding carboxylic acids is 2. The number of nitrogens with one attached hydrogen (secondary N) is 1. The Morgan fingerprint density at radius 2 is 2.06 bits per heavy atom. The molecule has 1 heterocycles. The van der Waals surface area contributed by atoms with Crippen molar-refractivity contribution < 1.29 is 19.1 Å². The van der Waals surface area contributed by atoms with E-state index in [0.29, 0.717) is 41.0 Å². The lowest BCUT2D eigenvalue weighted by Gasteiger charge is -2.40. The molecule has 1 amide bonds. The van der Waals surface area contributed by atoms with Crippen molar-refractivity contribution in [3.8, 4) is 5.75 Å². The predicted octanol–water partition coefficient (Wildman–Crippen LogP) is 6.28. The number of aryl methyl sites for hydroxylation is 2. The number of amides is 1. The number of nitrogens with zero attached hydrogens (tertiary/aromatic N) is 1. The zero-order valence-corrected chi connectivity index (χ0v) is 22.2. The second-order valence-electron chi connectivity index (χ2n) is 10.3. The van der Waals surface area contributed by atoms with E-state index in [1.807, 2.05) is 20.1 Å². The fraction of sp³-hybridized carbons (Fsp3) is 0.607. The molecule has 1 fully saturated rings. The van der Waals surface area contributed by atoms with Crippen molar-refractivity contribution in [3.63, 3.8) is 0 Å². The summed E-state index contributed by atoms with van der Waals surface area (Å²) in [6.45, 7) is 5.83. The van der Waals surface area contributed by atoms with Gasteiger partial charge in [-0.1, -0.05) is 19.4 Å². The minimum absolute atomic E-state index is 0.0453. The summed E-state index contributed by atoms with van der Waals surface area (Å²) < 4.78 is 11.2. The van der Waals surface area contributed by atoms with E-state index in [1.54, 1.807) is 6.20 Å². The number of carbonyl (C=O) groups is 2. The second kappa shape index (κ2) is 11.7. The van der Waals surface area contributed by atoms with Crippen LogP contribution < -0.4 is 10.1 Å². The van der Waals surface area contributed by atoms with E-state index < -0.39 is 0 Å². The maximum absolute atomic E-state index is 12.7. The molecule has 0 aliphatic heterocycles. The Hall–Kier alpha value is -2.25. The summed E-state index contributed by atoms with van der Waals surface area (Å²) in [6.07, 6.45) is 9.85. The van der Waals surface area contributed by atoms with Gasteiger partial charge in [0.15, 0.2) is 5.13 Å². The molecular formula is C28H38N2O4S. The van der Waals surface area contributed by atoms with Crippen molar-refractivity contribution in [2.24, 2.45) is 17.8 Å². The number of rotatable bonds is 6. The molecule has 1 aromatic heterocycles. The predicted molar refractivity (Wildman–Crippen MR) is 139 cm³/mol. The monoisotopic (exact) mass is 498 g/mol. The summed E-state index contributed by atoms with van der Waals surface area (Å²) in [5, 5.41) is 3.65. The average Bonchev–Trinajstić information content (AvgIpc) is 3.25. The molecule has 1 N–H and O–H groups in total. The molecule has 5 atom stereocenters. The Labute approximate surface area is 212 Å². The molecule has 6 nitrogen and oxygen atoms in total. The van der Waals surface area contributed by atoms with Crippen molar-refractivity contribution >= 4 is 28.3 Å². The Morgan fingerprint density at radius 1 is 1.23 bits per heavy atom. The first-order valence-corrected chi connectivity index (χ1v) is 13.7. The van der Waals surface area contributed by atoms with E-state index in [1.165, 1.54) is 29.4 Å². The summed E-state index contributed by atoms with van der Waals surface area (Å²) in [6, 6.07) is 6.19. The third kappa shape index (κ3) is 6.50. The van der Waals surface area contributed by atoms with Gasteiger partial charge >= 0.3 is 5.97 Å². The van der Waals surface area contributed by atoms with Gasteiger partial charge < -0.3 is 14.8 Å². The Balaban J connectivity index is 1.50. The van der Waals surface area contributed by atoms with Crippen LogP contribution in [-0.4, -0.2) is 30.1 Å². The summed E-state index contributed by atoms with van der Waals surface area (Å²) >= 11 is 1.51. The van der Waals surface area contributed by atoms with Gasteiger partial charge in [-0.05, 0) is 92.4 Å². The largest absolute Gasteiger partial charge is 0.427 e. The van der Waals surface area contributed by atoms with Gasteiger partial charge in [-0.15, -0.1) is 11.3 Å². The van der Waals surface area contributed by atoms with Crippen LogP contribution in [0.25, 0.3) is 0 Å². The van der Waals surface area contributed by atoms with E-state index in [2.05, 4.69) is 29.4 Å². The van der Waals surface area contributed by atoms with Gasteiger partial charge in [-0.25, -0.2) is 4.98 Å². The normalized spacial score (nSPS) is 26.5. The zero-order chi connectivity index (χ0) is 24.9. The molecular weight excluding hydrogens is 460 g/mol. The topological polar surface area (TPSA) is 77.5 Å². The number of hydrogen-bond donors (Lipinski definition) is 1. The second-order valence-corrected chi connectivity index (χ2v) is 11.5. The van der Waals surface area contributed by atoms with Gasteiger partial charge in [0.1, 0.15) is 5.75 Å². The molecule has 0 spiro atoms. The minimum Gasteiger partial charge on any atom is -0.427 e. The number of thiazole rings is 1.